The molecular formula is C10H17N3O. The Bertz CT molecular complexity index is 277. The summed E-state index contributed by atoms with van der Waals surface area (Å²) < 4.78 is 0. The zero-order chi connectivity index (χ0) is 10.6. The number of allylic oxidation sites excluding steroid dienone is 1. The van der Waals surface area contributed by atoms with Crippen LogP contribution in [0, 0.1) is 10.8 Å². The van der Waals surface area contributed by atoms with Gasteiger partial charge in [-0.1, -0.05) is 5.18 Å². The first-order valence-electron chi connectivity index (χ1n) is 4.92. The Hall–Kier alpha value is -1.19. The van der Waals surface area contributed by atoms with Crippen molar-refractivity contribution in [3.8, 4) is 0 Å². The molecule has 0 unspecified atom stereocenters. The summed E-state index contributed by atoms with van der Waals surface area (Å²) in [4.78, 5) is 14.2. The summed E-state index contributed by atoms with van der Waals surface area (Å²) in [7, 11) is 1.74. The van der Waals surface area contributed by atoms with Gasteiger partial charge in [0.2, 0.25) is 0 Å². The predicted octanol–water partition coefficient (Wildman–Crippen LogP) is 1.86. The number of nitrogens with zero attached hydrogens (tertiary/aromatic N) is 2. The maximum Gasteiger partial charge on any atom is 0.0852 e. The molecule has 0 heterocycles. The summed E-state index contributed by atoms with van der Waals surface area (Å²) in [5.41, 5.74) is 8.86. The number of aliphatic imine (C=N–C) groups is 1. The van der Waals surface area contributed by atoms with Gasteiger partial charge in [-0.2, -0.15) is 4.91 Å². The molecule has 2 N–H and O–H groups in total. The lowest BCUT2D eigenvalue weighted by Gasteiger charge is -2.09. The molecule has 1 aliphatic rings. The molecule has 78 valence electrons. The van der Waals surface area contributed by atoms with Crippen LogP contribution in [0.1, 0.15) is 26.2 Å². The van der Waals surface area contributed by atoms with Crippen molar-refractivity contribution in [2.24, 2.45) is 21.8 Å². The number of hydrogen-bond donors (Lipinski definition) is 1. The molecule has 0 aromatic heterocycles. The van der Waals surface area contributed by atoms with Crippen LogP contribution in [0.4, 0.5) is 0 Å². The van der Waals surface area contributed by atoms with E-state index in [2.05, 4.69) is 10.2 Å². The van der Waals surface area contributed by atoms with Crippen LogP contribution in [0.25, 0.3) is 0 Å². The van der Waals surface area contributed by atoms with Crippen LogP contribution < -0.4 is 5.73 Å². The monoisotopic (exact) mass is 195 g/mol. The predicted molar refractivity (Wildman–Crippen MR) is 58.2 cm³/mol. The van der Waals surface area contributed by atoms with E-state index < -0.39 is 0 Å². The summed E-state index contributed by atoms with van der Waals surface area (Å²) >= 11 is 0. The van der Waals surface area contributed by atoms with Gasteiger partial charge in [0.05, 0.1) is 6.54 Å². The standard InChI is InChI=1S/C10H17N3O/c1-7(12-2)9(5-6-13-14)10(11)8-3-4-8/h8H,3-6,11H2,1-2H3. The van der Waals surface area contributed by atoms with Crippen LogP contribution in [-0.2, 0) is 0 Å². The normalized spacial score (nSPS) is 19.1. The van der Waals surface area contributed by atoms with E-state index in [9.17, 15) is 4.91 Å². The SMILES string of the molecule is CN=C(C)C(CCN=O)=C(N)C1CC1. The minimum absolute atomic E-state index is 0.287. The summed E-state index contributed by atoms with van der Waals surface area (Å²) in [5.74, 6) is 0.522. The van der Waals surface area contributed by atoms with E-state index in [1.165, 1.54) is 12.8 Å². The van der Waals surface area contributed by atoms with Gasteiger partial charge in [-0.05, 0) is 37.7 Å². The number of nitroso groups, excluding NO2 is 1. The lowest BCUT2D eigenvalue weighted by atomic mass is 10.0. The molecule has 0 radical (unpaired) electrons. The Balaban J connectivity index is 2.78. The summed E-state index contributed by atoms with van der Waals surface area (Å²) in [6.07, 6.45) is 2.96. The topological polar surface area (TPSA) is 67.8 Å². The first-order chi connectivity index (χ1) is 6.70. The van der Waals surface area contributed by atoms with E-state index in [1.807, 2.05) is 6.92 Å². The summed E-state index contributed by atoms with van der Waals surface area (Å²) in [5, 5.41) is 2.86. The fourth-order valence-electron chi connectivity index (χ4n) is 1.47. The minimum atomic E-state index is 0.287. The van der Waals surface area contributed by atoms with E-state index in [0.717, 1.165) is 17.0 Å². The average Bonchev–Trinajstić information content (AvgIpc) is 3.00. The van der Waals surface area contributed by atoms with Crippen LogP contribution >= 0.6 is 0 Å². The van der Waals surface area contributed by atoms with Gasteiger partial charge in [-0.15, -0.1) is 0 Å². The van der Waals surface area contributed by atoms with E-state index >= 15 is 0 Å². The van der Waals surface area contributed by atoms with Gasteiger partial charge in [-0.3, -0.25) is 4.99 Å². The van der Waals surface area contributed by atoms with Gasteiger partial charge in [0.1, 0.15) is 0 Å². The molecule has 0 aromatic rings. The summed E-state index contributed by atoms with van der Waals surface area (Å²) in [6, 6.07) is 0. The van der Waals surface area contributed by atoms with Crippen molar-refractivity contribution in [3.05, 3.63) is 16.2 Å². The molecular weight excluding hydrogens is 178 g/mol. The number of nitrogens with two attached hydrogens (primary N) is 1. The highest BCUT2D eigenvalue weighted by Gasteiger charge is 2.26. The first kappa shape index (κ1) is 10.9. The van der Waals surface area contributed by atoms with Crippen LogP contribution in [-0.4, -0.2) is 19.3 Å². The van der Waals surface area contributed by atoms with Crippen molar-refractivity contribution in [1.82, 2.24) is 0 Å². The molecule has 0 spiro atoms. The highest BCUT2D eigenvalue weighted by molar-refractivity contribution is 5.98. The maximum atomic E-state index is 10.1. The molecule has 0 bridgehead atoms. The van der Waals surface area contributed by atoms with E-state index in [1.54, 1.807) is 7.05 Å². The molecule has 0 aliphatic heterocycles. The van der Waals surface area contributed by atoms with Crippen LogP contribution in [0.3, 0.4) is 0 Å². The lowest BCUT2D eigenvalue weighted by Crippen LogP contribution is -2.11. The van der Waals surface area contributed by atoms with Crippen molar-refractivity contribution in [1.29, 1.82) is 0 Å². The molecule has 1 saturated carbocycles. The molecule has 4 heteroatoms. The third-order valence-electron chi connectivity index (χ3n) is 2.59. The Kier molecular flexibility index (Phi) is 3.80. The second-order valence-corrected chi connectivity index (χ2v) is 3.62. The summed E-state index contributed by atoms with van der Waals surface area (Å²) in [6.45, 7) is 2.21. The van der Waals surface area contributed by atoms with Crippen molar-refractivity contribution >= 4 is 5.71 Å². The van der Waals surface area contributed by atoms with Crippen LogP contribution in [0.15, 0.2) is 21.4 Å². The van der Waals surface area contributed by atoms with Crippen molar-refractivity contribution in [2.75, 3.05) is 13.6 Å². The average molecular weight is 195 g/mol. The highest BCUT2D eigenvalue weighted by Crippen LogP contribution is 2.36. The Labute approximate surface area is 84.3 Å². The Morgan fingerprint density at radius 1 is 1.50 bits per heavy atom. The lowest BCUT2D eigenvalue weighted by molar-refractivity contribution is 0.897. The molecule has 1 fully saturated rings. The second kappa shape index (κ2) is 4.88. The fourth-order valence-corrected chi connectivity index (χ4v) is 1.47. The third-order valence-corrected chi connectivity index (χ3v) is 2.59. The molecule has 4 nitrogen and oxygen atoms in total. The largest absolute Gasteiger partial charge is 0.402 e. The third kappa shape index (κ3) is 2.65. The molecule has 1 rings (SSSR count). The van der Waals surface area contributed by atoms with E-state index in [4.69, 9.17) is 5.73 Å². The van der Waals surface area contributed by atoms with Crippen LogP contribution in [0.2, 0.25) is 0 Å². The van der Waals surface area contributed by atoms with E-state index in [-0.39, 0.29) is 6.54 Å². The smallest absolute Gasteiger partial charge is 0.0852 e. The molecule has 0 atom stereocenters. The second-order valence-electron chi connectivity index (χ2n) is 3.62. The van der Waals surface area contributed by atoms with Crippen LogP contribution in [0.5, 0.6) is 0 Å². The van der Waals surface area contributed by atoms with Gasteiger partial charge in [0, 0.05) is 18.5 Å². The molecule has 1 aliphatic carbocycles. The van der Waals surface area contributed by atoms with Gasteiger partial charge in [-0.25, -0.2) is 0 Å². The maximum absolute atomic E-state index is 10.1. The molecule has 0 amide bonds. The van der Waals surface area contributed by atoms with Crippen molar-refractivity contribution in [3.63, 3.8) is 0 Å². The first-order valence-corrected chi connectivity index (χ1v) is 4.92. The van der Waals surface area contributed by atoms with E-state index in [0.29, 0.717) is 12.3 Å². The molecule has 0 saturated heterocycles. The van der Waals surface area contributed by atoms with Gasteiger partial charge in [0.25, 0.3) is 0 Å². The minimum Gasteiger partial charge on any atom is -0.402 e. The van der Waals surface area contributed by atoms with Crippen molar-refractivity contribution in [2.45, 2.75) is 26.2 Å². The number of rotatable bonds is 5. The Morgan fingerprint density at radius 2 is 2.14 bits per heavy atom. The zero-order valence-electron chi connectivity index (χ0n) is 8.79. The Morgan fingerprint density at radius 3 is 2.57 bits per heavy atom. The quantitative estimate of drug-likeness (QED) is 0.537. The highest BCUT2D eigenvalue weighted by atomic mass is 16.3. The number of hydrogen-bond acceptors (Lipinski definition) is 4. The van der Waals surface area contributed by atoms with Gasteiger partial charge >= 0.3 is 0 Å². The van der Waals surface area contributed by atoms with Crippen molar-refractivity contribution < 1.29 is 0 Å². The fraction of sp³-hybridized carbons (Fsp3) is 0.700. The van der Waals surface area contributed by atoms with Gasteiger partial charge in [0.15, 0.2) is 0 Å². The van der Waals surface area contributed by atoms with Gasteiger partial charge < -0.3 is 5.73 Å². The molecule has 14 heavy (non-hydrogen) atoms. The molecule has 0 aromatic carbocycles. The zero-order valence-corrected chi connectivity index (χ0v) is 8.79.